The minimum Gasteiger partial charge on any atom is -0.352 e. The summed E-state index contributed by atoms with van der Waals surface area (Å²) < 4.78 is 13.2. The van der Waals surface area contributed by atoms with Gasteiger partial charge in [-0.3, -0.25) is 4.79 Å². The average Bonchev–Trinajstić information content (AvgIpc) is 3.18. The molecule has 0 spiro atoms. The molecule has 2 aromatic heterocycles. The average molecular weight is 468 g/mol. The van der Waals surface area contributed by atoms with Gasteiger partial charge in [0.1, 0.15) is 22.3 Å². The number of piperazine rings is 1. The highest BCUT2D eigenvalue weighted by atomic mass is 32.1. The monoisotopic (exact) mass is 467 g/mol. The van der Waals surface area contributed by atoms with Crippen LogP contribution in [0.4, 0.5) is 10.2 Å². The highest BCUT2D eigenvalue weighted by Crippen LogP contribution is 2.40. The van der Waals surface area contributed by atoms with Crippen LogP contribution in [-0.4, -0.2) is 65.9 Å². The lowest BCUT2D eigenvalue weighted by Crippen LogP contribution is -2.49. The lowest BCUT2D eigenvalue weighted by molar-refractivity contribution is -0.130. The zero-order valence-corrected chi connectivity index (χ0v) is 20.1. The number of thiophene rings is 1. The number of nitrogens with zero attached hydrogens (tertiary/aromatic N) is 5. The molecule has 0 radical (unpaired) electrons. The predicted molar refractivity (Wildman–Crippen MR) is 130 cm³/mol. The first-order chi connectivity index (χ1) is 16.0. The van der Waals surface area contributed by atoms with Gasteiger partial charge >= 0.3 is 0 Å². The van der Waals surface area contributed by atoms with E-state index in [1.165, 1.54) is 40.8 Å². The van der Waals surface area contributed by atoms with Crippen LogP contribution in [0.5, 0.6) is 0 Å². The number of carbonyl (C=O) groups is 1. The summed E-state index contributed by atoms with van der Waals surface area (Å²) in [6, 6.07) is 6.20. The van der Waals surface area contributed by atoms with Crippen molar-refractivity contribution in [2.24, 2.45) is 0 Å². The van der Waals surface area contributed by atoms with E-state index in [4.69, 9.17) is 9.97 Å². The highest BCUT2D eigenvalue weighted by Gasteiger charge is 2.27. The summed E-state index contributed by atoms with van der Waals surface area (Å²) in [7, 11) is 4.08. The van der Waals surface area contributed by atoms with E-state index < -0.39 is 0 Å². The van der Waals surface area contributed by atoms with Crippen LogP contribution in [0, 0.1) is 5.82 Å². The van der Waals surface area contributed by atoms with Crippen molar-refractivity contribution in [2.75, 3.05) is 45.2 Å². The zero-order chi connectivity index (χ0) is 22.9. The molecule has 8 heteroatoms. The van der Waals surface area contributed by atoms with Gasteiger partial charge in [-0.15, -0.1) is 11.3 Å². The minimum atomic E-state index is -0.278. The SMILES string of the molecule is CN(C)Cc1nc(N2CCN(C(=O)Cc3ccc(F)cc3)CC2)c2c3c(sc2n1)CCCC3. The number of anilines is 1. The molecule has 0 atom stereocenters. The Morgan fingerprint density at radius 3 is 2.52 bits per heavy atom. The van der Waals surface area contributed by atoms with Crippen LogP contribution in [0.2, 0.25) is 0 Å². The van der Waals surface area contributed by atoms with E-state index in [1.807, 2.05) is 30.3 Å². The molecule has 1 saturated heterocycles. The molecule has 1 amide bonds. The van der Waals surface area contributed by atoms with Crippen molar-refractivity contribution < 1.29 is 9.18 Å². The Morgan fingerprint density at radius 1 is 1.06 bits per heavy atom. The van der Waals surface area contributed by atoms with Gasteiger partial charge in [0.05, 0.1) is 18.4 Å². The third kappa shape index (κ3) is 4.73. The first-order valence-corrected chi connectivity index (χ1v) is 12.5. The predicted octanol–water partition coefficient (Wildman–Crippen LogP) is 3.66. The first kappa shape index (κ1) is 22.2. The Labute approximate surface area is 198 Å². The molecule has 2 aliphatic rings. The van der Waals surface area contributed by atoms with Crippen molar-refractivity contribution in [1.29, 1.82) is 0 Å². The van der Waals surface area contributed by atoms with Crippen LogP contribution in [0.1, 0.15) is 34.7 Å². The molecule has 0 N–H and O–H groups in total. The smallest absolute Gasteiger partial charge is 0.227 e. The van der Waals surface area contributed by atoms with E-state index in [0.717, 1.165) is 48.0 Å². The van der Waals surface area contributed by atoms with Gasteiger partial charge < -0.3 is 14.7 Å². The number of benzene rings is 1. The van der Waals surface area contributed by atoms with Crippen LogP contribution in [0.15, 0.2) is 24.3 Å². The van der Waals surface area contributed by atoms with E-state index in [-0.39, 0.29) is 11.7 Å². The molecular weight excluding hydrogens is 437 g/mol. The molecule has 33 heavy (non-hydrogen) atoms. The van der Waals surface area contributed by atoms with E-state index >= 15 is 0 Å². The topological polar surface area (TPSA) is 52.6 Å². The summed E-state index contributed by atoms with van der Waals surface area (Å²) in [6.45, 7) is 3.56. The second-order valence-electron chi connectivity index (χ2n) is 9.26. The first-order valence-electron chi connectivity index (χ1n) is 11.7. The summed E-state index contributed by atoms with van der Waals surface area (Å²) in [4.78, 5) is 31.7. The second kappa shape index (κ2) is 9.35. The second-order valence-corrected chi connectivity index (χ2v) is 10.3. The van der Waals surface area contributed by atoms with Crippen LogP contribution >= 0.6 is 11.3 Å². The van der Waals surface area contributed by atoms with Crippen molar-refractivity contribution in [3.63, 3.8) is 0 Å². The number of rotatable bonds is 5. The van der Waals surface area contributed by atoms with Gasteiger partial charge in [-0.2, -0.15) is 0 Å². The number of hydrogen-bond acceptors (Lipinski definition) is 6. The molecule has 1 aromatic carbocycles. The van der Waals surface area contributed by atoms with Gasteiger partial charge in [-0.1, -0.05) is 12.1 Å². The number of carbonyl (C=O) groups excluding carboxylic acids is 1. The summed E-state index contributed by atoms with van der Waals surface area (Å²) in [5.74, 6) is 1.72. The molecular formula is C25H30FN5OS. The Morgan fingerprint density at radius 2 is 1.79 bits per heavy atom. The normalized spacial score (nSPS) is 16.5. The van der Waals surface area contributed by atoms with E-state index in [2.05, 4.69) is 9.80 Å². The van der Waals surface area contributed by atoms with Crippen molar-refractivity contribution >= 4 is 33.3 Å². The molecule has 1 aliphatic carbocycles. The number of fused-ring (bicyclic) bond motifs is 3. The van der Waals surface area contributed by atoms with Crippen LogP contribution in [0.3, 0.4) is 0 Å². The van der Waals surface area contributed by atoms with E-state index in [0.29, 0.717) is 26.1 Å². The Hall–Kier alpha value is -2.58. The van der Waals surface area contributed by atoms with Crippen molar-refractivity contribution in [1.82, 2.24) is 19.8 Å². The number of aryl methyl sites for hydroxylation is 2. The molecule has 5 rings (SSSR count). The lowest BCUT2D eigenvalue weighted by atomic mass is 9.97. The molecule has 174 valence electrons. The fraction of sp³-hybridized carbons (Fsp3) is 0.480. The number of aromatic nitrogens is 2. The molecule has 1 fully saturated rings. The van der Waals surface area contributed by atoms with Gasteiger partial charge in [0, 0.05) is 31.1 Å². The Kier molecular flexibility index (Phi) is 6.29. The molecule has 0 bridgehead atoms. The summed E-state index contributed by atoms with van der Waals surface area (Å²) >= 11 is 1.84. The maximum absolute atomic E-state index is 13.2. The van der Waals surface area contributed by atoms with Crippen molar-refractivity contribution in [3.05, 3.63) is 51.9 Å². The molecule has 0 saturated carbocycles. The number of hydrogen-bond donors (Lipinski definition) is 0. The van der Waals surface area contributed by atoms with Gasteiger partial charge in [-0.25, -0.2) is 14.4 Å². The van der Waals surface area contributed by atoms with Crippen LogP contribution in [0.25, 0.3) is 10.2 Å². The third-order valence-electron chi connectivity index (χ3n) is 6.50. The van der Waals surface area contributed by atoms with Gasteiger partial charge in [0.2, 0.25) is 5.91 Å². The maximum Gasteiger partial charge on any atom is 0.227 e. The van der Waals surface area contributed by atoms with Crippen LogP contribution in [-0.2, 0) is 30.6 Å². The summed E-state index contributed by atoms with van der Waals surface area (Å²) in [5, 5.41) is 1.24. The zero-order valence-electron chi connectivity index (χ0n) is 19.3. The quantitative estimate of drug-likeness (QED) is 0.573. The molecule has 0 unspecified atom stereocenters. The fourth-order valence-corrected chi connectivity index (χ4v) is 6.09. The van der Waals surface area contributed by atoms with E-state index in [1.54, 1.807) is 12.1 Å². The Balaban J connectivity index is 1.36. The fourth-order valence-electron chi connectivity index (χ4n) is 4.82. The molecule has 1 aliphatic heterocycles. The molecule has 6 nitrogen and oxygen atoms in total. The van der Waals surface area contributed by atoms with Gasteiger partial charge in [0.15, 0.2) is 0 Å². The standard InChI is InChI=1S/C25H30FN5OS/c1-29(2)16-21-27-24(23-19-5-3-4-6-20(19)33-25(23)28-21)31-13-11-30(12-14-31)22(32)15-17-7-9-18(26)10-8-17/h7-10H,3-6,11-16H2,1-2H3. The summed E-state index contributed by atoms with van der Waals surface area (Å²) in [5.41, 5.74) is 2.29. The number of amides is 1. The Bertz CT molecular complexity index is 1150. The van der Waals surface area contributed by atoms with Gasteiger partial charge in [-0.05, 0) is 63.0 Å². The van der Waals surface area contributed by atoms with Crippen LogP contribution < -0.4 is 4.90 Å². The third-order valence-corrected chi connectivity index (χ3v) is 7.69. The highest BCUT2D eigenvalue weighted by molar-refractivity contribution is 7.19. The van der Waals surface area contributed by atoms with Crippen molar-refractivity contribution in [2.45, 2.75) is 38.6 Å². The molecule has 3 heterocycles. The summed E-state index contributed by atoms with van der Waals surface area (Å²) in [6.07, 6.45) is 5.04. The largest absolute Gasteiger partial charge is 0.352 e. The molecule has 3 aromatic rings. The van der Waals surface area contributed by atoms with Crippen molar-refractivity contribution in [3.8, 4) is 0 Å². The minimum absolute atomic E-state index is 0.0929. The van der Waals surface area contributed by atoms with Gasteiger partial charge in [0.25, 0.3) is 0 Å². The number of halogens is 1. The maximum atomic E-state index is 13.2. The lowest BCUT2D eigenvalue weighted by Gasteiger charge is -2.36. The van der Waals surface area contributed by atoms with E-state index in [9.17, 15) is 9.18 Å².